The summed E-state index contributed by atoms with van der Waals surface area (Å²) in [5.41, 5.74) is -3.37. The van der Waals surface area contributed by atoms with Gasteiger partial charge in [0.2, 0.25) is 17.7 Å². The summed E-state index contributed by atoms with van der Waals surface area (Å²) in [7, 11) is 6.90. The Morgan fingerprint density at radius 2 is 1.60 bits per heavy atom. The van der Waals surface area contributed by atoms with E-state index in [-0.39, 0.29) is 79.9 Å². The fourth-order valence-corrected chi connectivity index (χ4v) is 13.4. The number of aliphatic hydroxyl groups excluding tert-OH is 2. The lowest BCUT2D eigenvalue weighted by atomic mass is 9.73. The molecular formula is C60H94ClN5O18. The number of aliphatic hydroxyl groups is 2. The number of hydrogen-bond donors (Lipinski definition) is 6. The van der Waals surface area contributed by atoms with E-state index in [1.165, 1.54) is 6.20 Å². The number of ether oxygens (including phenoxy) is 10. The van der Waals surface area contributed by atoms with E-state index in [4.69, 9.17) is 59.0 Å². The number of amides is 1. The molecule has 1 unspecified atom stereocenters. The van der Waals surface area contributed by atoms with Crippen molar-refractivity contribution in [3.8, 4) is 0 Å². The van der Waals surface area contributed by atoms with E-state index in [1.807, 2.05) is 72.0 Å². The number of nitrogens with one attached hydrogen (secondary N) is 3. The first-order chi connectivity index (χ1) is 39.6. The van der Waals surface area contributed by atoms with Gasteiger partial charge in [-0.1, -0.05) is 39.3 Å². The van der Waals surface area contributed by atoms with Crippen LogP contribution >= 0.6 is 11.6 Å². The maximum atomic E-state index is 14.8. The monoisotopic (exact) mass is 1210 g/mol. The minimum Gasteiger partial charge on any atom is -0.477 e. The van der Waals surface area contributed by atoms with Crippen LogP contribution in [0.4, 0.5) is 5.69 Å². The van der Waals surface area contributed by atoms with E-state index in [2.05, 4.69) is 16.0 Å². The number of likely N-dealkylation sites (N-methyl/N-ethyl adjacent to an activating group) is 1. The molecule has 5 aliphatic rings. The highest BCUT2D eigenvalue weighted by molar-refractivity contribution is 6.34. The van der Waals surface area contributed by atoms with Crippen LogP contribution in [0.1, 0.15) is 137 Å². The van der Waals surface area contributed by atoms with Crippen LogP contribution in [-0.4, -0.2) is 200 Å². The van der Waals surface area contributed by atoms with Crippen molar-refractivity contribution in [1.29, 1.82) is 0 Å². The molecule has 5 fully saturated rings. The van der Waals surface area contributed by atoms with Gasteiger partial charge in [0.15, 0.2) is 12.6 Å². The van der Waals surface area contributed by atoms with E-state index in [9.17, 15) is 39.3 Å². The number of carboxylic acids is 1. The lowest BCUT2D eigenvalue weighted by Gasteiger charge is -2.50. The van der Waals surface area contributed by atoms with Crippen molar-refractivity contribution in [1.82, 2.24) is 20.1 Å². The fraction of sp³-hybridized carbons (Fsp3) is 0.783. The molecule has 1 aromatic heterocycles. The van der Waals surface area contributed by atoms with Crippen LogP contribution in [0, 0.1) is 23.7 Å². The Balaban J connectivity index is 0.988. The summed E-state index contributed by atoms with van der Waals surface area (Å²) in [5.74, 6) is -5.32. The summed E-state index contributed by atoms with van der Waals surface area (Å²) in [4.78, 5) is 69.1. The maximum absolute atomic E-state index is 14.8. The Hall–Kier alpha value is -3.92. The number of methoxy groups -OCH3 is 2. The van der Waals surface area contributed by atoms with Crippen molar-refractivity contribution in [2.75, 3.05) is 66.5 Å². The number of carbonyl (C=O) groups is 4. The molecule has 84 heavy (non-hydrogen) atoms. The highest BCUT2D eigenvalue weighted by atomic mass is 35.5. The maximum Gasteiger partial charge on any atom is 0.341 e. The van der Waals surface area contributed by atoms with Gasteiger partial charge in [-0.3, -0.25) is 24.5 Å². The van der Waals surface area contributed by atoms with Crippen molar-refractivity contribution in [3.63, 3.8) is 0 Å². The highest BCUT2D eigenvalue weighted by Gasteiger charge is 2.57. The first-order valence-electron chi connectivity index (χ1n) is 29.9. The number of esters is 1. The second-order valence-corrected chi connectivity index (χ2v) is 25.2. The van der Waals surface area contributed by atoms with E-state index >= 15 is 0 Å². The quantitative estimate of drug-likeness (QED) is 0.0636. The molecule has 24 heteroatoms. The smallest absolute Gasteiger partial charge is 0.341 e. The van der Waals surface area contributed by atoms with Crippen LogP contribution in [0.2, 0.25) is 5.02 Å². The van der Waals surface area contributed by atoms with Crippen molar-refractivity contribution in [2.24, 2.45) is 23.7 Å². The van der Waals surface area contributed by atoms with Crippen molar-refractivity contribution >= 4 is 51.8 Å². The number of carbonyl (C=O) groups excluding carboxylic acids is 3. The Morgan fingerprint density at radius 1 is 0.905 bits per heavy atom. The molecule has 0 radical (unpaired) electrons. The van der Waals surface area contributed by atoms with Gasteiger partial charge in [-0.2, -0.15) is 0 Å². The number of fused-ring (bicyclic) bond motifs is 2. The zero-order chi connectivity index (χ0) is 61.7. The Morgan fingerprint density at radius 3 is 2.24 bits per heavy atom. The minimum atomic E-state index is -1.42. The topological polar surface area (TPSA) is 283 Å². The number of ketones is 1. The van der Waals surface area contributed by atoms with E-state index in [1.54, 1.807) is 47.1 Å². The molecule has 4 saturated heterocycles. The molecule has 5 heterocycles. The number of cyclic esters (lactones) is 1. The predicted octanol–water partition coefficient (Wildman–Crippen LogP) is 5.40. The third-order valence-electron chi connectivity index (χ3n) is 18.2. The Kier molecular flexibility index (Phi) is 22.9. The first kappa shape index (κ1) is 67.6. The van der Waals surface area contributed by atoms with Gasteiger partial charge < -0.3 is 82.8 Å². The molecule has 474 valence electrons. The number of rotatable bonds is 22. The Bertz CT molecular complexity index is 2660. The SMILES string of the molecule is CC[C@H]1OC(=O)[C@H](C)[C@@H](O[C@H]2C[C@@](C)(OC)[C@@H](OCCCNC(=O)CCOCCNc3cc4c(=O)c(C(=O)O)cn(C5CC5)c4cc3Cl)[C@H](C)O2)[C@H](C)[C@@H](O[C@@H]2O[C@H](C)C[C@H](N(C)C)[C@H]2O)[C@](C)(OC)C[C@@H](C)C(=O)[C@H](C)[C@H]2NC(O)O[C@@]21C. The van der Waals surface area contributed by atoms with Crippen LogP contribution in [0.15, 0.2) is 23.1 Å². The van der Waals surface area contributed by atoms with Crippen molar-refractivity contribution < 1.29 is 81.9 Å². The standard InChI is InChI=1S/C60H94ClN5O18/c1-15-44-60(10)51(64-57(74)84-60)33(4)47(68)31(2)28-58(8,75-13)52(83-56-49(70)43(65(11)12)25-32(3)79-56)34(5)50(35(6)55(73)81-44)82-46-29-59(9,76-14)53(36(7)80-46)78-22-16-20-63-45(67)19-23-77-24-21-62-41-26-38-42(27-40(41)61)66(37-17-18-37)30-39(48(38)69)54(71)72/h26-27,30-37,43-44,46,49-53,56-57,62,64,70,74H,15-25,28-29H2,1-14H3,(H,63,67)(H,71,72)/t31-,32-,33+,34+,35-,36+,43+,44-,46+,49-,50+,51-,52-,53+,56+,57?,58-,59-,60-/m1/s1. The van der Waals surface area contributed by atoms with Crippen LogP contribution in [-0.2, 0) is 61.8 Å². The van der Waals surface area contributed by atoms with Crippen LogP contribution in [0.3, 0.4) is 0 Å². The van der Waals surface area contributed by atoms with Gasteiger partial charge in [-0.15, -0.1) is 0 Å². The first-order valence-corrected chi connectivity index (χ1v) is 30.2. The lowest BCUT2D eigenvalue weighted by molar-refractivity contribution is -0.322. The molecule has 1 amide bonds. The second-order valence-electron chi connectivity index (χ2n) is 24.8. The Labute approximate surface area is 498 Å². The van der Waals surface area contributed by atoms with Crippen LogP contribution in [0.25, 0.3) is 10.9 Å². The largest absolute Gasteiger partial charge is 0.477 e. The summed E-state index contributed by atoms with van der Waals surface area (Å²) in [6.45, 7) is 19.6. The number of anilines is 1. The third-order valence-corrected chi connectivity index (χ3v) is 18.5. The molecule has 1 aromatic carbocycles. The average Bonchev–Trinajstić information content (AvgIpc) is 1.96. The highest BCUT2D eigenvalue weighted by Crippen LogP contribution is 2.44. The number of aromatic nitrogens is 1. The van der Waals surface area contributed by atoms with Crippen molar-refractivity contribution in [2.45, 2.75) is 217 Å². The van der Waals surface area contributed by atoms with E-state index in [0.29, 0.717) is 48.6 Å². The summed E-state index contributed by atoms with van der Waals surface area (Å²) >= 11 is 6.59. The molecule has 1 saturated carbocycles. The van der Waals surface area contributed by atoms with Gasteiger partial charge in [0.1, 0.15) is 35.3 Å². The fourth-order valence-electron chi connectivity index (χ4n) is 13.2. The van der Waals surface area contributed by atoms with Gasteiger partial charge in [0.05, 0.1) is 77.0 Å². The summed E-state index contributed by atoms with van der Waals surface area (Å²) in [5, 5.41) is 42.2. The van der Waals surface area contributed by atoms with Crippen molar-refractivity contribution in [3.05, 3.63) is 39.1 Å². The van der Waals surface area contributed by atoms with Crippen LogP contribution in [0.5, 0.6) is 0 Å². The van der Waals surface area contributed by atoms with Gasteiger partial charge in [-0.05, 0) is 106 Å². The molecule has 0 spiro atoms. The zero-order valence-electron chi connectivity index (χ0n) is 51.5. The number of nitrogens with zero attached hydrogens (tertiary/aromatic N) is 2. The molecule has 7 rings (SSSR count). The summed E-state index contributed by atoms with van der Waals surface area (Å²) in [6, 6.07) is 2.32. The van der Waals surface area contributed by atoms with Gasteiger partial charge >= 0.3 is 11.9 Å². The lowest BCUT2D eigenvalue weighted by Crippen LogP contribution is -2.61. The summed E-state index contributed by atoms with van der Waals surface area (Å²) < 4.78 is 66.2. The second kappa shape index (κ2) is 28.5. The van der Waals surface area contributed by atoms with Gasteiger partial charge in [0, 0.05) is 88.2 Å². The third kappa shape index (κ3) is 15.1. The van der Waals surface area contributed by atoms with Gasteiger partial charge in [0.25, 0.3) is 0 Å². The number of carboxylic acid groups (broad SMARTS) is 1. The molecule has 2 aromatic rings. The molecule has 0 bridgehead atoms. The number of Topliss-reactive ketones (excluding diaryl/α,β-unsaturated/α-hetero) is 1. The molecule has 6 N–H and O–H groups in total. The molecule has 1 aliphatic carbocycles. The minimum absolute atomic E-state index is 0.111. The number of pyridine rings is 1. The predicted molar refractivity (Wildman–Crippen MR) is 311 cm³/mol. The number of aromatic carboxylic acids is 1. The van der Waals surface area contributed by atoms with Gasteiger partial charge in [-0.25, -0.2) is 4.79 Å². The molecular weight excluding hydrogens is 1110 g/mol. The normalized spacial score (nSPS) is 37.2. The zero-order valence-corrected chi connectivity index (χ0v) is 52.2. The summed E-state index contributed by atoms with van der Waals surface area (Å²) in [6.07, 6.45) is -4.06. The molecule has 23 nitrogen and oxygen atoms in total. The molecule has 4 aliphatic heterocycles. The number of halogens is 1. The van der Waals surface area contributed by atoms with E-state index < -0.39 is 120 Å². The number of hydrogen-bond acceptors (Lipinski definition) is 20. The number of benzene rings is 1. The average molecular weight is 1210 g/mol. The van der Waals surface area contributed by atoms with Crippen LogP contribution < -0.4 is 21.4 Å². The van der Waals surface area contributed by atoms with E-state index in [0.717, 1.165) is 12.8 Å². The molecule has 19 atom stereocenters.